The van der Waals surface area contributed by atoms with Crippen molar-refractivity contribution in [3.05, 3.63) is 35.4 Å². The van der Waals surface area contributed by atoms with E-state index in [1.807, 2.05) is 0 Å². The van der Waals surface area contributed by atoms with Crippen molar-refractivity contribution in [2.45, 2.75) is 12.8 Å². The molecule has 0 unspecified atom stereocenters. The molecule has 0 radical (unpaired) electrons. The Balaban J connectivity index is 2.40. The minimum absolute atomic E-state index is 0.176. The maximum absolute atomic E-state index is 11.8. The van der Waals surface area contributed by atoms with E-state index in [2.05, 4.69) is 20.0 Å². The van der Waals surface area contributed by atoms with E-state index < -0.39 is 0 Å². The van der Waals surface area contributed by atoms with Gasteiger partial charge in [0.15, 0.2) is 0 Å². The van der Waals surface area contributed by atoms with E-state index in [4.69, 9.17) is 0 Å². The summed E-state index contributed by atoms with van der Waals surface area (Å²) in [6, 6.07) is 6.94. The van der Waals surface area contributed by atoms with Crippen molar-refractivity contribution in [3.63, 3.8) is 0 Å². The van der Waals surface area contributed by atoms with Crippen LogP contribution in [0, 0.1) is 0 Å². The normalized spacial score (nSPS) is 10.3. The molecule has 6 heteroatoms. The molecule has 1 rings (SSSR count). The van der Waals surface area contributed by atoms with Crippen LogP contribution in [0.5, 0.6) is 0 Å². The fraction of sp³-hybridized carbons (Fsp3) is 0.357. The van der Waals surface area contributed by atoms with Crippen molar-refractivity contribution in [3.8, 4) is 0 Å². The first kappa shape index (κ1) is 15.7. The third-order valence-electron chi connectivity index (χ3n) is 2.55. The Bertz CT molecular complexity index is 469. The second kappa shape index (κ2) is 8.68. The Labute approximate surface area is 117 Å². The molecular formula is C14H18N2O4. The lowest BCUT2D eigenvalue weighted by atomic mass is 10.1. The van der Waals surface area contributed by atoms with E-state index in [-0.39, 0.29) is 11.9 Å². The van der Waals surface area contributed by atoms with Crippen LogP contribution in [0.4, 0.5) is 0 Å². The minimum atomic E-state index is -0.277. The van der Waals surface area contributed by atoms with E-state index in [0.29, 0.717) is 24.9 Å². The summed E-state index contributed by atoms with van der Waals surface area (Å²) >= 11 is 0. The Morgan fingerprint density at radius 3 is 2.55 bits per heavy atom. The molecule has 0 aliphatic rings. The van der Waals surface area contributed by atoms with Gasteiger partial charge in [-0.1, -0.05) is 17.3 Å². The van der Waals surface area contributed by atoms with Crippen LogP contribution >= 0.6 is 0 Å². The van der Waals surface area contributed by atoms with Crippen molar-refractivity contribution < 1.29 is 19.2 Å². The molecule has 0 bridgehead atoms. The fourth-order valence-electron chi connectivity index (χ4n) is 1.47. The molecule has 1 amide bonds. The molecule has 0 fully saturated rings. The molecule has 1 aromatic carbocycles. The van der Waals surface area contributed by atoms with Gasteiger partial charge in [0.2, 0.25) is 0 Å². The molecule has 0 aromatic heterocycles. The molecule has 0 heterocycles. The molecule has 1 N–H and O–H groups in total. The standard InChI is InChI=1S/C14H18N2O4/c1-19-13(17)4-3-9-15-14(18)12-7-5-11(6-8-12)10-16-20-2/h5-8,10H,3-4,9H2,1-2H3,(H,15,18)/b16-10+. The summed E-state index contributed by atoms with van der Waals surface area (Å²) < 4.78 is 4.51. The number of hydrogen-bond donors (Lipinski definition) is 1. The molecular weight excluding hydrogens is 260 g/mol. The minimum Gasteiger partial charge on any atom is -0.469 e. The first-order valence-electron chi connectivity index (χ1n) is 6.19. The maximum Gasteiger partial charge on any atom is 0.305 e. The zero-order chi connectivity index (χ0) is 14.8. The van der Waals surface area contributed by atoms with Crippen LogP contribution in [0.2, 0.25) is 0 Å². The number of carbonyl (C=O) groups excluding carboxylic acids is 2. The van der Waals surface area contributed by atoms with Gasteiger partial charge < -0.3 is 14.9 Å². The third kappa shape index (κ3) is 5.51. The smallest absolute Gasteiger partial charge is 0.305 e. The monoisotopic (exact) mass is 278 g/mol. The van der Waals surface area contributed by atoms with Gasteiger partial charge >= 0.3 is 5.97 Å². The number of carbonyl (C=O) groups is 2. The molecule has 0 aliphatic heterocycles. The van der Waals surface area contributed by atoms with Gasteiger partial charge in [-0.05, 0) is 24.1 Å². The Hall–Kier alpha value is -2.37. The lowest BCUT2D eigenvalue weighted by Crippen LogP contribution is -2.24. The van der Waals surface area contributed by atoms with Crippen molar-refractivity contribution in [2.75, 3.05) is 20.8 Å². The quantitative estimate of drug-likeness (QED) is 0.353. The number of oxime groups is 1. The highest BCUT2D eigenvalue weighted by Gasteiger charge is 2.05. The molecule has 0 atom stereocenters. The van der Waals surface area contributed by atoms with Gasteiger partial charge in [-0.15, -0.1) is 0 Å². The molecule has 1 aromatic rings. The number of amides is 1. The van der Waals surface area contributed by atoms with E-state index in [0.717, 1.165) is 5.56 Å². The number of nitrogens with zero attached hydrogens (tertiary/aromatic N) is 1. The predicted octanol–water partition coefficient (Wildman–Crippen LogP) is 1.35. The summed E-state index contributed by atoms with van der Waals surface area (Å²) in [5.41, 5.74) is 1.40. The second-order valence-electron chi connectivity index (χ2n) is 3.97. The van der Waals surface area contributed by atoms with Crippen LogP contribution in [0.3, 0.4) is 0 Å². The van der Waals surface area contributed by atoms with E-state index in [9.17, 15) is 9.59 Å². The summed E-state index contributed by atoms with van der Waals surface area (Å²) in [6.45, 7) is 0.431. The van der Waals surface area contributed by atoms with Crippen molar-refractivity contribution in [1.82, 2.24) is 5.32 Å². The second-order valence-corrected chi connectivity index (χ2v) is 3.97. The largest absolute Gasteiger partial charge is 0.469 e. The predicted molar refractivity (Wildman–Crippen MR) is 74.6 cm³/mol. The van der Waals surface area contributed by atoms with Gasteiger partial charge in [0.05, 0.1) is 13.3 Å². The zero-order valence-electron chi connectivity index (χ0n) is 11.6. The van der Waals surface area contributed by atoms with Gasteiger partial charge in [-0.3, -0.25) is 9.59 Å². The lowest BCUT2D eigenvalue weighted by molar-refractivity contribution is -0.140. The lowest BCUT2D eigenvalue weighted by Gasteiger charge is -2.05. The fourth-order valence-corrected chi connectivity index (χ4v) is 1.47. The first-order valence-corrected chi connectivity index (χ1v) is 6.19. The number of nitrogens with one attached hydrogen (secondary N) is 1. The Kier molecular flexibility index (Phi) is 6.81. The van der Waals surface area contributed by atoms with Gasteiger partial charge in [0, 0.05) is 18.5 Å². The molecule has 0 spiro atoms. The molecule has 6 nitrogen and oxygen atoms in total. The van der Waals surface area contributed by atoms with E-state index >= 15 is 0 Å². The van der Waals surface area contributed by atoms with E-state index in [1.54, 1.807) is 30.5 Å². The first-order chi connectivity index (χ1) is 9.67. The van der Waals surface area contributed by atoms with Gasteiger partial charge in [-0.2, -0.15) is 0 Å². The number of rotatable bonds is 7. The van der Waals surface area contributed by atoms with Crippen LogP contribution in [0.15, 0.2) is 29.4 Å². The third-order valence-corrected chi connectivity index (χ3v) is 2.55. The summed E-state index contributed by atoms with van der Waals surface area (Å²) in [4.78, 5) is 27.3. The highest BCUT2D eigenvalue weighted by atomic mass is 16.6. The van der Waals surface area contributed by atoms with Gasteiger partial charge in [0.25, 0.3) is 5.91 Å². The van der Waals surface area contributed by atoms with Crippen LogP contribution < -0.4 is 5.32 Å². The average Bonchev–Trinajstić information content (AvgIpc) is 2.49. The van der Waals surface area contributed by atoms with Crippen LogP contribution in [-0.2, 0) is 14.4 Å². The summed E-state index contributed by atoms with van der Waals surface area (Å²) in [7, 11) is 2.81. The molecule has 20 heavy (non-hydrogen) atoms. The summed E-state index contributed by atoms with van der Waals surface area (Å²) in [5, 5.41) is 6.37. The van der Waals surface area contributed by atoms with Crippen LogP contribution in [-0.4, -0.2) is 38.9 Å². The summed E-state index contributed by atoms with van der Waals surface area (Å²) in [5.74, 6) is -0.453. The van der Waals surface area contributed by atoms with Crippen molar-refractivity contribution >= 4 is 18.1 Å². The molecule has 0 saturated heterocycles. The van der Waals surface area contributed by atoms with E-state index in [1.165, 1.54) is 14.2 Å². The maximum atomic E-state index is 11.8. The zero-order valence-corrected chi connectivity index (χ0v) is 11.6. The molecule has 0 saturated carbocycles. The highest BCUT2D eigenvalue weighted by Crippen LogP contribution is 2.03. The summed E-state index contributed by atoms with van der Waals surface area (Å²) in [6.07, 6.45) is 2.40. The highest BCUT2D eigenvalue weighted by molar-refractivity contribution is 5.95. The SMILES string of the molecule is CO/N=C/c1ccc(C(=O)NCCCC(=O)OC)cc1. The Morgan fingerprint density at radius 2 is 1.95 bits per heavy atom. The number of benzene rings is 1. The van der Waals surface area contributed by atoms with Crippen LogP contribution in [0.25, 0.3) is 0 Å². The van der Waals surface area contributed by atoms with Crippen molar-refractivity contribution in [1.29, 1.82) is 0 Å². The number of methoxy groups -OCH3 is 1. The number of esters is 1. The molecule has 0 aliphatic carbocycles. The number of ether oxygens (including phenoxy) is 1. The van der Waals surface area contributed by atoms with Gasteiger partial charge in [-0.25, -0.2) is 0 Å². The van der Waals surface area contributed by atoms with Crippen LogP contribution in [0.1, 0.15) is 28.8 Å². The Morgan fingerprint density at radius 1 is 1.25 bits per heavy atom. The number of hydrogen-bond acceptors (Lipinski definition) is 5. The average molecular weight is 278 g/mol. The molecule has 108 valence electrons. The van der Waals surface area contributed by atoms with Gasteiger partial charge in [0.1, 0.15) is 7.11 Å². The van der Waals surface area contributed by atoms with Crippen molar-refractivity contribution in [2.24, 2.45) is 5.16 Å². The topological polar surface area (TPSA) is 77.0 Å².